The van der Waals surface area contributed by atoms with E-state index < -0.39 is 28.5 Å². The minimum Gasteiger partial charge on any atom is -0.486 e. The minimum absolute atomic E-state index is 0.0604. The van der Waals surface area contributed by atoms with Gasteiger partial charge in [-0.25, -0.2) is 8.42 Å². The summed E-state index contributed by atoms with van der Waals surface area (Å²) in [5.74, 6) is 0.106. The molecule has 0 fully saturated rings. The number of benzene rings is 2. The highest BCUT2D eigenvalue weighted by molar-refractivity contribution is 9.10. The number of halogens is 1. The van der Waals surface area contributed by atoms with Crippen molar-refractivity contribution in [1.82, 2.24) is 10.2 Å². The summed E-state index contributed by atoms with van der Waals surface area (Å²) in [6.45, 7) is 5.90. The van der Waals surface area contributed by atoms with Gasteiger partial charge in [0, 0.05) is 23.1 Å². The standard InChI is InChI=1S/C25H32BrN3O6S/c1-5-17(2)27-25(31)18(3)28(15-19-6-8-20(26)9-7-19)24(30)16-29(36(4,32)33)21-10-11-22-23(14-21)35-13-12-34-22/h6-11,14,17-18H,5,12-13,15-16H2,1-4H3,(H,27,31)/t17-,18-/m1/s1. The van der Waals surface area contributed by atoms with Crippen LogP contribution in [0, 0.1) is 0 Å². The SMILES string of the molecule is CC[C@@H](C)NC(=O)[C@@H](C)N(Cc1ccc(Br)cc1)C(=O)CN(c1ccc2c(c1)OCCO2)S(C)(=O)=O. The second-order valence-electron chi connectivity index (χ2n) is 8.74. The van der Waals surface area contributed by atoms with Crippen molar-refractivity contribution in [1.29, 1.82) is 0 Å². The third kappa shape index (κ3) is 7.13. The average Bonchev–Trinajstić information content (AvgIpc) is 2.85. The van der Waals surface area contributed by atoms with Gasteiger partial charge in [0.1, 0.15) is 25.8 Å². The van der Waals surface area contributed by atoms with Crippen LogP contribution in [-0.2, 0) is 26.2 Å². The van der Waals surface area contributed by atoms with E-state index in [0.29, 0.717) is 24.7 Å². The number of rotatable bonds is 10. The lowest BCUT2D eigenvalue weighted by molar-refractivity contribution is -0.139. The number of anilines is 1. The maximum absolute atomic E-state index is 13.6. The van der Waals surface area contributed by atoms with Crippen molar-refractivity contribution in [3.05, 3.63) is 52.5 Å². The number of sulfonamides is 1. The second kappa shape index (κ2) is 12.0. The van der Waals surface area contributed by atoms with Crippen LogP contribution < -0.4 is 19.1 Å². The molecule has 2 aromatic carbocycles. The van der Waals surface area contributed by atoms with Crippen molar-refractivity contribution in [2.75, 3.05) is 30.3 Å². The van der Waals surface area contributed by atoms with Gasteiger partial charge >= 0.3 is 0 Å². The van der Waals surface area contributed by atoms with Crippen molar-refractivity contribution in [3.63, 3.8) is 0 Å². The fourth-order valence-electron chi connectivity index (χ4n) is 3.64. The lowest BCUT2D eigenvalue weighted by atomic mass is 10.1. The van der Waals surface area contributed by atoms with Crippen molar-refractivity contribution in [3.8, 4) is 11.5 Å². The number of carbonyl (C=O) groups is 2. The summed E-state index contributed by atoms with van der Waals surface area (Å²) in [6.07, 6.45) is 1.78. The van der Waals surface area contributed by atoms with E-state index in [1.54, 1.807) is 25.1 Å². The largest absolute Gasteiger partial charge is 0.486 e. The van der Waals surface area contributed by atoms with E-state index >= 15 is 0 Å². The zero-order valence-electron chi connectivity index (χ0n) is 20.9. The molecule has 0 saturated carbocycles. The lowest BCUT2D eigenvalue weighted by Gasteiger charge is -2.32. The van der Waals surface area contributed by atoms with Crippen LogP contribution >= 0.6 is 15.9 Å². The Labute approximate surface area is 220 Å². The Morgan fingerprint density at radius 3 is 2.31 bits per heavy atom. The van der Waals surface area contributed by atoms with Gasteiger partial charge in [0.25, 0.3) is 0 Å². The highest BCUT2D eigenvalue weighted by Gasteiger charge is 2.31. The molecule has 2 atom stereocenters. The summed E-state index contributed by atoms with van der Waals surface area (Å²) in [4.78, 5) is 28.0. The highest BCUT2D eigenvalue weighted by atomic mass is 79.9. The molecule has 0 saturated heterocycles. The Morgan fingerprint density at radius 1 is 1.06 bits per heavy atom. The molecule has 0 radical (unpaired) electrons. The van der Waals surface area contributed by atoms with Gasteiger partial charge in [0.2, 0.25) is 21.8 Å². The first-order chi connectivity index (χ1) is 17.0. The van der Waals surface area contributed by atoms with Crippen molar-refractivity contribution in [2.24, 2.45) is 0 Å². The minimum atomic E-state index is -3.84. The van der Waals surface area contributed by atoms with Crippen LogP contribution in [0.5, 0.6) is 11.5 Å². The van der Waals surface area contributed by atoms with Crippen molar-refractivity contribution >= 4 is 43.5 Å². The monoisotopic (exact) mass is 581 g/mol. The fourth-order valence-corrected chi connectivity index (χ4v) is 4.74. The molecule has 3 rings (SSSR count). The molecule has 2 amide bonds. The first-order valence-electron chi connectivity index (χ1n) is 11.7. The van der Waals surface area contributed by atoms with Gasteiger partial charge < -0.3 is 19.7 Å². The van der Waals surface area contributed by atoms with Crippen LogP contribution in [0.2, 0.25) is 0 Å². The molecule has 1 aliphatic heterocycles. The van der Waals surface area contributed by atoms with Gasteiger partial charge in [-0.15, -0.1) is 0 Å². The summed E-state index contributed by atoms with van der Waals surface area (Å²) in [5.41, 5.74) is 1.08. The van der Waals surface area contributed by atoms with Crippen molar-refractivity contribution in [2.45, 2.75) is 45.8 Å². The van der Waals surface area contributed by atoms with E-state index in [0.717, 1.165) is 27.0 Å². The molecular weight excluding hydrogens is 550 g/mol. The predicted octanol–water partition coefficient (Wildman–Crippen LogP) is 3.32. The summed E-state index contributed by atoms with van der Waals surface area (Å²) in [7, 11) is -3.84. The highest BCUT2D eigenvalue weighted by Crippen LogP contribution is 2.34. The molecule has 2 aromatic rings. The Morgan fingerprint density at radius 2 is 1.69 bits per heavy atom. The third-order valence-corrected chi connectivity index (χ3v) is 7.60. The quantitative estimate of drug-likeness (QED) is 0.461. The van der Waals surface area contributed by atoms with Gasteiger partial charge in [0.15, 0.2) is 11.5 Å². The average molecular weight is 583 g/mol. The molecule has 0 spiro atoms. The molecule has 0 bridgehead atoms. The summed E-state index contributed by atoms with van der Waals surface area (Å²) >= 11 is 3.40. The van der Waals surface area contributed by atoms with Gasteiger partial charge in [-0.3, -0.25) is 13.9 Å². The molecule has 9 nitrogen and oxygen atoms in total. The maximum atomic E-state index is 13.6. The lowest BCUT2D eigenvalue weighted by Crippen LogP contribution is -2.52. The Balaban J connectivity index is 1.91. The van der Waals surface area contributed by atoms with E-state index in [1.165, 1.54) is 4.90 Å². The van der Waals surface area contributed by atoms with Gasteiger partial charge in [-0.2, -0.15) is 0 Å². The number of ether oxygens (including phenoxy) is 2. The number of nitrogens with zero attached hydrogens (tertiary/aromatic N) is 2. The molecule has 0 aliphatic carbocycles. The smallest absolute Gasteiger partial charge is 0.244 e. The molecular formula is C25H32BrN3O6S. The molecule has 196 valence electrons. The van der Waals surface area contributed by atoms with Crippen LogP contribution in [0.1, 0.15) is 32.8 Å². The third-order valence-electron chi connectivity index (χ3n) is 5.93. The molecule has 1 aliphatic rings. The van der Waals surface area contributed by atoms with Crippen LogP contribution in [0.25, 0.3) is 0 Å². The molecule has 0 aromatic heterocycles. The van der Waals surface area contributed by atoms with Crippen LogP contribution in [0.4, 0.5) is 5.69 Å². The number of fused-ring (bicyclic) bond motifs is 1. The number of carbonyl (C=O) groups excluding carboxylic acids is 2. The number of nitrogens with one attached hydrogen (secondary N) is 1. The second-order valence-corrected chi connectivity index (χ2v) is 11.6. The van der Waals surface area contributed by atoms with Gasteiger partial charge in [-0.1, -0.05) is 35.0 Å². The Hall–Kier alpha value is -2.79. The Bertz CT molecular complexity index is 1190. The van der Waals surface area contributed by atoms with E-state index in [1.807, 2.05) is 38.1 Å². The fraction of sp³-hybridized carbons (Fsp3) is 0.440. The van der Waals surface area contributed by atoms with E-state index in [9.17, 15) is 18.0 Å². The van der Waals surface area contributed by atoms with Crippen LogP contribution in [-0.4, -0.2) is 63.2 Å². The predicted molar refractivity (Wildman–Crippen MR) is 142 cm³/mol. The van der Waals surface area contributed by atoms with E-state index in [-0.39, 0.29) is 24.2 Å². The summed E-state index contributed by atoms with van der Waals surface area (Å²) in [5, 5.41) is 2.91. The first kappa shape index (κ1) is 27.8. The molecule has 11 heteroatoms. The number of hydrogen-bond donors (Lipinski definition) is 1. The van der Waals surface area contributed by atoms with Gasteiger partial charge in [0.05, 0.1) is 11.9 Å². The summed E-state index contributed by atoms with van der Waals surface area (Å²) < 4.78 is 38.5. The number of hydrogen-bond acceptors (Lipinski definition) is 6. The zero-order valence-corrected chi connectivity index (χ0v) is 23.3. The van der Waals surface area contributed by atoms with E-state index in [4.69, 9.17) is 9.47 Å². The molecule has 1 N–H and O–H groups in total. The first-order valence-corrected chi connectivity index (χ1v) is 14.4. The molecule has 1 heterocycles. The van der Waals surface area contributed by atoms with Crippen LogP contribution in [0.15, 0.2) is 46.9 Å². The summed E-state index contributed by atoms with van der Waals surface area (Å²) in [6, 6.07) is 11.2. The number of amides is 2. The zero-order chi connectivity index (χ0) is 26.5. The normalized spacial score (nSPS) is 14.5. The van der Waals surface area contributed by atoms with Crippen molar-refractivity contribution < 1.29 is 27.5 Å². The van der Waals surface area contributed by atoms with Crippen LogP contribution in [0.3, 0.4) is 0 Å². The van der Waals surface area contributed by atoms with Gasteiger partial charge in [-0.05, 0) is 50.1 Å². The molecule has 0 unspecified atom stereocenters. The maximum Gasteiger partial charge on any atom is 0.244 e. The topological polar surface area (TPSA) is 105 Å². The molecule has 36 heavy (non-hydrogen) atoms. The van der Waals surface area contributed by atoms with E-state index in [2.05, 4.69) is 21.2 Å². The Kier molecular flexibility index (Phi) is 9.24.